The number of aromatic nitrogens is 3. The number of aliphatic carboxylic acids is 1. The van der Waals surface area contributed by atoms with Crippen LogP contribution in [-0.4, -0.2) is 50.9 Å². The largest absolute Gasteiger partial charge is 0.490 e. The van der Waals surface area contributed by atoms with Gasteiger partial charge in [0.2, 0.25) is 0 Å². The first-order valence-corrected chi connectivity index (χ1v) is 16.5. The first-order chi connectivity index (χ1) is 21.9. The predicted octanol–water partition coefficient (Wildman–Crippen LogP) is 7.56. The third-order valence-corrected chi connectivity index (χ3v) is 10.0. The SMILES string of the molecule is Cc1nc2c(cc(-c3ccnc(N4C[C@@H]5CC[C@@H](C5)C4)c3)n2C)c(-c2cc(F)c3c(c2C)CCCO3)c1[C@H](OC(C)(C)C)C(=O)O. The lowest BCUT2D eigenvalue weighted by atomic mass is 9.86. The molecule has 8 nitrogen and oxygen atoms in total. The maximum atomic E-state index is 15.8. The van der Waals surface area contributed by atoms with E-state index >= 15 is 4.39 Å². The van der Waals surface area contributed by atoms with E-state index in [1.54, 1.807) is 0 Å². The zero-order chi connectivity index (χ0) is 32.5. The van der Waals surface area contributed by atoms with E-state index in [9.17, 15) is 9.90 Å². The van der Waals surface area contributed by atoms with Crippen LogP contribution >= 0.6 is 0 Å². The Kier molecular flexibility index (Phi) is 7.58. The van der Waals surface area contributed by atoms with Crippen molar-refractivity contribution in [1.82, 2.24) is 14.5 Å². The second kappa shape index (κ2) is 11.4. The van der Waals surface area contributed by atoms with Crippen LogP contribution in [0.3, 0.4) is 0 Å². The summed E-state index contributed by atoms with van der Waals surface area (Å²) in [5.41, 5.74) is 5.78. The number of hydrogen-bond donors (Lipinski definition) is 1. The third-order valence-electron chi connectivity index (χ3n) is 10.0. The number of ether oxygens (including phenoxy) is 2. The molecule has 0 unspecified atom stereocenters. The van der Waals surface area contributed by atoms with Gasteiger partial charge in [0.25, 0.3) is 0 Å². The number of nitrogens with zero attached hydrogens (tertiary/aromatic N) is 4. The number of rotatable bonds is 6. The number of benzene rings is 1. The highest BCUT2D eigenvalue weighted by Gasteiger charge is 2.36. The number of carboxylic acid groups (broad SMARTS) is 1. The van der Waals surface area contributed by atoms with Crippen molar-refractivity contribution >= 4 is 22.8 Å². The van der Waals surface area contributed by atoms with Crippen molar-refractivity contribution in [3.8, 4) is 28.1 Å². The van der Waals surface area contributed by atoms with E-state index < -0.39 is 23.5 Å². The van der Waals surface area contributed by atoms with Crippen LogP contribution in [0.4, 0.5) is 10.2 Å². The average Bonchev–Trinajstić information content (AvgIpc) is 3.53. The van der Waals surface area contributed by atoms with Gasteiger partial charge in [0, 0.05) is 59.7 Å². The lowest BCUT2D eigenvalue weighted by molar-refractivity contribution is -0.160. The smallest absolute Gasteiger partial charge is 0.337 e. The van der Waals surface area contributed by atoms with Gasteiger partial charge in [0.15, 0.2) is 17.7 Å². The minimum absolute atomic E-state index is 0.293. The molecule has 0 spiro atoms. The van der Waals surface area contributed by atoms with Crippen LogP contribution in [-0.2, 0) is 23.0 Å². The lowest BCUT2D eigenvalue weighted by Crippen LogP contribution is -2.36. The number of carbonyl (C=O) groups is 1. The lowest BCUT2D eigenvalue weighted by Gasteiger charge is -2.32. The van der Waals surface area contributed by atoms with Gasteiger partial charge in [-0.1, -0.05) is 0 Å². The number of anilines is 1. The highest BCUT2D eigenvalue weighted by atomic mass is 19.1. The third kappa shape index (κ3) is 5.32. The summed E-state index contributed by atoms with van der Waals surface area (Å²) < 4.78 is 29.8. The van der Waals surface area contributed by atoms with Crippen LogP contribution < -0.4 is 9.64 Å². The van der Waals surface area contributed by atoms with E-state index in [2.05, 4.69) is 17.0 Å². The molecule has 2 bridgehead atoms. The van der Waals surface area contributed by atoms with Crippen molar-refractivity contribution in [1.29, 1.82) is 0 Å². The fraction of sp³-hybridized carbons (Fsp3) is 0.486. The van der Waals surface area contributed by atoms with Gasteiger partial charge >= 0.3 is 5.97 Å². The van der Waals surface area contributed by atoms with Crippen LogP contribution in [0.25, 0.3) is 33.4 Å². The molecule has 0 amide bonds. The van der Waals surface area contributed by atoms with E-state index in [1.807, 2.05) is 58.5 Å². The number of piperidine rings is 1. The van der Waals surface area contributed by atoms with Crippen LogP contribution in [0.5, 0.6) is 5.75 Å². The van der Waals surface area contributed by atoms with Crippen LogP contribution in [0, 0.1) is 31.5 Å². The normalized spacial score (nSPS) is 20.1. The van der Waals surface area contributed by atoms with Gasteiger partial charge in [-0.2, -0.15) is 0 Å². The van der Waals surface area contributed by atoms with Gasteiger partial charge in [-0.3, -0.25) is 0 Å². The fourth-order valence-corrected chi connectivity index (χ4v) is 7.99. The van der Waals surface area contributed by atoms with Gasteiger partial charge in [-0.25, -0.2) is 19.2 Å². The molecule has 1 saturated carbocycles. The minimum Gasteiger partial charge on any atom is -0.490 e. The maximum Gasteiger partial charge on any atom is 0.337 e. The molecule has 2 aliphatic heterocycles. The second-order valence-electron chi connectivity index (χ2n) is 14.4. The summed E-state index contributed by atoms with van der Waals surface area (Å²) in [4.78, 5) is 25.1. The molecule has 242 valence electrons. The van der Waals surface area contributed by atoms with Crippen molar-refractivity contribution in [2.45, 2.75) is 78.4 Å². The molecule has 7 rings (SSSR count). The van der Waals surface area contributed by atoms with E-state index in [4.69, 9.17) is 19.4 Å². The zero-order valence-electron chi connectivity index (χ0n) is 27.6. The molecule has 3 aromatic heterocycles. The average molecular weight is 627 g/mol. The zero-order valence-corrected chi connectivity index (χ0v) is 27.6. The molecule has 5 heterocycles. The van der Waals surface area contributed by atoms with Crippen molar-refractivity contribution in [2.75, 3.05) is 24.6 Å². The first kappa shape index (κ1) is 30.7. The Bertz CT molecular complexity index is 1850. The summed E-state index contributed by atoms with van der Waals surface area (Å²) in [5, 5.41) is 11.3. The molecule has 9 heteroatoms. The number of pyridine rings is 2. The number of aryl methyl sites for hydroxylation is 2. The Hall–Kier alpha value is -3.98. The van der Waals surface area contributed by atoms with Crippen LogP contribution in [0.15, 0.2) is 30.5 Å². The maximum absolute atomic E-state index is 15.8. The van der Waals surface area contributed by atoms with Crippen molar-refractivity contribution in [3.05, 3.63) is 58.7 Å². The number of fused-ring (bicyclic) bond motifs is 4. The van der Waals surface area contributed by atoms with Gasteiger partial charge in [0.1, 0.15) is 11.5 Å². The Balaban J connectivity index is 1.46. The second-order valence-corrected chi connectivity index (χ2v) is 14.4. The Morgan fingerprint density at radius 3 is 2.59 bits per heavy atom. The molecule has 46 heavy (non-hydrogen) atoms. The Morgan fingerprint density at radius 1 is 1.15 bits per heavy atom. The van der Waals surface area contributed by atoms with Crippen LogP contribution in [0.1, 0.15) is 74.9 Å². The minimum atomic E-state index is -1.31. The summed E-state index contributed by atoms with van der Waals surface area (Å²) >= 11 is 0. The van der Waals surface area contributed by atoms with Gasteiger partial charge in [-0.15, -0.1) is 0 Å². The van der Waals surface area contributed by atoms with Crippen molar-refractivity contribution in [2.24, 2.45) is 18.9 Å². The van der Waals surface area contributed by atoms with Crippen molar-refractivity contribution < 1.29 is 23.8 Å². The molecule has 1 aromatic carbocycles. The quantitative estimate of drug-likeness (QED) is 0.236. The first-order valence-electron chi connectivity index (χ1n) is 16.5. The monoisotopic (exact) mass is 626 g/mol. The predicted molar refractivity (Wildman–Crippen MR) is 177 cm³/mol. The summed E-state index contributed by atoms with van der Waals surface area (Å²) in [6, 6.07) is 7.71. The Morgan fingerprint density at radius 2 is 1.89 bits per heavy atom. The molecule has 2 fully saturated rings. The molecule has 1 N–H and O–H groups in total. The van der Waals surface area contributed by atoms with Crippen LogP contribution in [0.2, 0.25) is 0 Å². The fourth-order valence-electron chi connectivity index (χ4n) is 7.99. The van der Waals surface area contributed by atoms with E-state index in [0.717, 1.165) is 64.9 Å². The number of hydrogen-bond acceptors (Lipinski definition) is 6. The van der Waals surface area contributed by atoms with E-state index in [1.165, 1.54) is 25.3 Å². The summed E-state index contributed by atoms with van der Waals surface area (Å²) in [5.74, 6) is 1.17. The highest BCUT2D eigenvalue weighted by Crippen LogP contribution is 2.46. The van der Waals surface area contributed by atoms with E-state index in [0.29, 0.717) is 46.8 Å². The van der Waals surface area contributed by atoms with Gasteiger partial charge < -0.3 is 24.0 Å². The topological polar surface area (TPSA) is 89.7 Å². The molecular formula is C37H43FN4O4. The molecule has 1 aliphatic carbocycles. The molecule has 3 aliphatic rings. The standard InChI is InChI=1S/C37H43FN4O4/c1-20-25-8-7-13-45-33(25)28(38)16-26(20)32-27-17-29(24-11-12-39-30(15-24)42-18-22-9-10-23(14-22)19-42)41(6)35(27)40-21(2)31(32)34(36(43)44)46-37(3,4)5/h11-12,15-17,22-23,34H,7-10,13-14,18-19H2,1-6H3,(H,43,44)/t22-,23+,34-/m0/s1. The van der Waals surface area contributed by atoms with Gasteiger partial charge in [0.05, 0.1) is 17.9 Å². The van der Waals surface area contributed by atoms with Crippen molar-refractivity contribution in [3.63, 3.8) is 0 Å². The molecule has 0 radical (unpaired) electrons. The summed E-state index contributed by atoms with van der Waals surface area (Å²) in [6.07, 6.45) is 5.94. The highest BCUT2D eigenvalue weighted by molar-refractivity contribution is 6.01. The molecule has 4 aromatic rings. The van der Waals surface area contributed by atoms with E-state index in [-0.39, 0.29) is 0 Å². The summed E-state index contributed by atoms with van der Waals surface area (Å²) in [7, 11) is 1.98. The molecule has 1 saturated heterocycles. The summed E-state index contributed by atoms with van der Waals surface area (Å²) in [6.45, 7) is 11.8. The Labute approximate surface area is 269 Å². The number of halogens is 1. The number of carboxylic acids is 1. The van der Waals surface area contributed by atoms with Gasteiger partial charge in [-0.05, 0) is 114 Å². The molecule has 3 atom stereocenters. The molecular weight excluding hydrogens is 583 g/mol.